The Labute approximate surface area is 327 Å². The number of halogens is 3. The van der Waals surface area contributed by atoms with E-state index in [0.29, 0.717) is 29.8 Å². The molecule has 306 valence electrons. The van der Waals surface area contributed by atoms with Crippen LogP contribution in [0, 0.1) is 5.92 Å². The molecule has 1 aromatic heterocycles. The number of aromatic nitrogens is 3. The van der Waals surface area contributed by atoms with Crippen molar-refractivity contribution >= 4 is 29.6 Å². The van der Waals surface area contributed by atoms with E-state index in [1.807, 2.05) is 0 Å². The van der Waals surface area contributed by atoms with Crippen molar-refractivity contribution in [1.82, 2.24) is 41.2 Å². The fraction of sp³-hybridized carbons (Fsp3) is 0.513. The van der Waals surface area contributed by atoms with Gasteiger partial charge in [0.05, 0.1) is 23.8 Å². The number of amides is 4. The van der Waals surface area contributed by atoms with Gasteiger partial charge >= 0.3 is 12.1 Å². The summed E-state index contributed by atoms with van der Waals surface area (Å²) in [5.74, 6) is -3.77. The zero-order chi connectivity index (χ0) is 40.9. The van der Waals surface area contributed by atoms with Gasteiger partial charge in [-0.05, 0) is 62.1 Å². The Hall–Kier alpha value is -5.52. The number of hydrogen-bond donors (Lipinski definition) is 5. The molecule has 4 heterocycles. The number of nitrogens with zero attached hydrogens (tertiary/aromatic N) is 4. The van der Waals surface area contributed by atoms with E-state index in [2.05, 4.69) is 31.6 Å². The molecule has 2 fully saturated rings. The number of ether oxygens (including phenoxy) is 1. The molecule has 5 N–H and O–H groups in total. The molecule has 0 spiro atoms. The summed E-state index contributed by atoms with van der Waals surface area (Å²) in [6.45, 7) is 1.67. The highest BCUT2D eigenvalue weighted by atomic mass is 19.4. The molecule has 6 atom stereocenters. The lowest BCUT2D eigenvalue weighted by Crippen LogP contribution is -2.60. The highest BCUT2D eigenvalue weighted by molar-refractivity contribution is 5.96. The topological polar surface area (TPSA) is 197 Å². The van der Waals surface area contributed by atoms with E-state index in [-0.39, 0.29) is 37.5 Å². The average Bonchev–Trinajstić information content (AvgIpc) is 3.86. The van der Waals surface area contributed by atoms with Crippen molar-refractivity contribution in [2.24, 2.45) is 5.92 Å². The van der Waals surface area contributed by atoms with Crippen LogP contribution in [0.5, 0.6) is 5.75 Å². The standard InChI is InChI=1S/C39H47F3N8O7/c1-22(43-2)34(51)46-33(25-8-4-3-5-9-25)37(54)49-20-28-18-32(49)36(53)44-30(17-24-7-6-10-26(15-24)39(40,41)42)35(52)45-31(38(55)56)16-23-11-13-29(14-12-23)57-21-27-19-50(28)48-47-27/h6-7,10-15,19,22,25,28,30-33,43H,3-5,8-9,16-18,20-21H2,1-2H3,(H,44,53)(H,45,52)(H,46,51)(H,55,56). The van der Waals surface area contributed by atoms with Crippen molar-refractivity contribution in [2.45, 2.75) is 107 Å². The minimum atomic E-state index is -4.69. The van der Waals surface area contributed by atoms with Gasteiger partial charge in [-0.25, -0.2) is 9.48 Å². The maximum absolute atomic E-state index is 14.7. The van der Waals surface area contributed by atoms with E-state index >= 15 is 0 Å². The van der Waals surface area contributed by atoms with Gasteiger partial charge in [0.2, 0.25) is 23.6 Å². The molecule has 18 heteroatoms. The molecule has 1 saturated heterocycles. The summed E-state index contributed by atoms with van der Waals surface area (Å²) < 4.78 is 48.6. The molecule has 3 aliphatic heterocycles. The van der Waals surface area contributed by atoms with E-state index in [9.17, 15) is 42.3 Å². The van der Waals surface area contributed by atoms with Crippen LogP contribution in [0.25, 0.3) is 0 Å². The van der Waals surface area contributed by atoms with E-state index in [4.69, 9.17) is 4.74 Å². The van der Waals surface area contributed by atoms with Gasteiger partial charge in [-0.1, -0.05) is 54.8 Å². The first-order valence-corrected chi connectivity index (χ1v) is 19.1. The number of fused-ring (bicyclic) bond motifs is 9. The van der Waals surface area contributed by atoms with Crippen LogP contribution in [0.3, 0.4) is 0 Å². The summed E-state index contributed by atoms with van der Waals surface area (Å²) in [6, 6.07) is 4.40. The highest BCUT2D eigenvalue weighted by Crippen LogP contribution is 2.33. The summed E-state index contributed by atoms with van der Waals surface area (Å²) in [5, 5.41) is 29.5. The minimum Gasteiger partial charge on any atom is -0.487 e. The Morgan fingerprint density at radius 3 is 2.46 bits per heavy atom. The number of nitrogens with one attached hydrogen (secondary N) is 4. The van der Waals surface area contributed by atoms with Gasteiger partial charge in [0.15, 0.2) is 0 Å². The van der Waals surface area contributed by atoms with Crippen molar-refractivity contribution in [1.29, 1.82) is 0 Å². The second-order valence-electron chi connectivity index (χ2n) is 15.0. The Kier molecular flexibility index (Phi) is 12.8. The van der Waals surface area contributed by atoms with E-state index in [1.54, 1.807) is 44.4 Å². The smallest absolute Gasteiger partial charge is 0.416 e. The molecule has 3 aromatic rings. The van der Waals surface area contributed by atoms with E-state index in [0.717, 1.165) is 31.4 Å². The molecule has 2 aromatic carbocycles. The first kappa shape index (κ1) is 41.1. The van der Waals surface area contributed by atoms with Crippen LogP contribution >= 0.6 is 0 Å². The van der Waals surface area contributed by atoms with Crippen molar-refractivity contribution in [3.63, 3.8) is 0 Å². The maximum atomic E-state index is 14.7. The number of carbonyl (C=O) groups excluding carboxylic acids is 4. The van der Waals surface area contributed by atoms with Gasteiger partial charge < -0.3 is 36.0 Å². The molecule has 6 bridgehead atoms. The predicted molar refractivity (Wildman–Crippen MR) is 197 cm³/mol. The minimum absolute atomic E-state index is 0.0102. The van der Waals surface area contributed by atoms with Gasteiger partial charge in [-0.2, -0.15) is 13.2 Å². The third-order valence-electron chi connectivity index (χ3n) is 11.0. The molecule has 1 saturated carbocycles. The molecule has 57 heavy (non-hydrogen) atoms. The number of likely N-dealkylation sites (tertiary alicyclic amines) is 1. The normalized spacial score (nSPS) is 23.2. The average molecular weight is 797 g/mol. The van der Waals surface area contributed by atoms with Crippen molar-refractivity contribution in [3.8, 4) is 5.75 Å². The Balaban J connectivity index is 1.38. The van der Waals surface area contributed by atoms with Crippen LogP contribution in [0.2, 0.25) is 0 Å². The number of carbonyl (C=O) groups is 5. The van der Waals surface area contributed by atoms with E-state index in [1.165, 1.54) is 21.7 Å². The Morgan fingerprint density at radius 1 is 1.04 bits per heavy atom. The quantitative estimate of drug-likeness (QED) is 0.226. The molecule has 0 radical (unpaired) electrons. The molecule has 4 aliphatic rings. The van der Waals surface area contributed by atoms with Gasteiger partial charge in [0.1, 0.15) is 42.2 Å². The number of aliphatic carboxylic acids is 1. The molecule has 4 amide bonds. The SMILES string of the molecule is CNC(C)C(=O)NC(C(=O)N1CC2CC1C(=O)NC(Cc1cccc(C(F)(F)F)c1)C(=O)NC(C(=O)O)Cc1ccc(cc1)OCc1cn2nn1)C1CCCCC1. The first-order chi connectivity index (χ1) is 27.2. The van der Waals surface area contributed by atoms with Gasteiger partial charge in [0, 0.05) is 25.8 Å². The van der Waals surface area contributed by atoms with Crippen LogP contribution in [0.15, 0.2) is 54.7 Å². The number of benzene rings is 2. The monoisotopic (exact) mass is 796 g/mol. The number of likely N-dealkylation sites (N-methyl/N-ethyl adjacent to an activating group) is 1. The second-order valence-corrected chi connectivity index (χ2v) is 15.0. The fourth-order valence-electron chi connectivity index (χ4n) is 7.67. The van der Waals surface area contributed by atoms with Crippen LogP contribution < -0.4 is 26.0 Å². The third-order valence-corrected chi connectivity index (χ3v) is 11.0. The van der Waals surface area contributed by atoms with Crippen molar-refractivity contribution < 1.29 is 47.0 Å². The number of hydrogen-bond acceptors (Lipinski definition) is 9. The highest BCUT2D eigenvalue weighted by Gasteiger charge is 2.46. The number of alkyl halides is 3. The van der Waals surface area contributed by atoms with Gasteiger partial charge in [-0.15, -0.1) is 5.10 Å². The lowest BCUT2D eigenvalue weighted by molar-refractivity contribution is -0.144. The van der Waals surface area contributed by atoms with Gasteiger partial charge in [0.25, 0.3) is 0 Å². The summed E-state index contributed by atoms with van der Waals surface area (Å²) >= 11 is 0. The largest absolute Gasteiger partial charge is 0.487 e. The van der Waals surface area contributed by atoms with E-state index < -0.39 is 84.0 Å². The lowest BCUT2D eigenvalue weighted by Gasteiger charge is -2.35. The van der Waals surface area contributed by atoms with Crippen LogP contribution in [0.1, 0.15) is 73.9 Å². The second kappa shape index (κ2) is 17.7. The zero-order valence-corrected chi connectivity index (χ0v) is 31.6. The molecule has 7 rings (SSSR count). The first-order valence-electron chi connectivity index (χ1n) is 19.1. The summed E-state index contributed by atoms with van der Waals surface area (Å²) in [4.78, 5) is 70.2. The summed E-state index contributed by atoms with van der Waals surface area (Å²) in [7, 11) is 1.62. The fourth-order valence-corrected chi connectivity index (χ4v) is 7.67. The summed E-state index contributed by atoms with van der Waals surface area (Å²) in [5.41, 5.74) is 0.0764. The Morgan fingerprint density at radius 2 is 1.77 bits per heavy atom. The van der Waals surface area contributed by atoms with Crippen molar-refractivity contribution in [3.05, 3.63) is 77.1 Å². The van der Waals surface area contributed by atoms with Crippen LogP contribution in [-0.2, 0) is 49.6 Å². The maximum Gasteiger partial charge on any atom is 0.416 e. The van der Waals surface area contributed by atoms with Crippen LogP contribution in [0.4, 0.5) is 13.2 Å². The molecule has 15 nitrogen and oxygen atoms in total. The molecular weight excluding hydrogens is 749 g/mol. The number of carboxylic acids is 1. The molecular formula is C39H47F3N8O7. The van der Waals surface area contributed by atoms with Crippen molar-refractivity contribution in [2.75, 3.05) is 13.6 Å². The third kappa shape index (κ3) is 10.1. The Bertz CT molecular complexity index is 1930. The number of rotatable bonds is 8. The molecule has 1 aliphatic carbocycles. The lowest BCUT2D eigenvalue weighted by atomic mass is 9.83. The van der Waals surface area contributed by atoms with Crippen LogP contribution in [-0.4, -0.2) is 98.4 Å². The molecule has 6 unspecified atom stereocenters. The number of carboxylic acid groups (broad SMARTS) is 1. The zero-order valence-electron chi connectivity index (χ0n) is 31.6. The summed E-state index contributed by atoms with van der Waals surface area (Å²) in [6.07, 6.45) is 0.427. The van der Waals surface area contributed by atoms with Gasteiger partial charge in [-0.3, -0.25) is 19.2 Å². The predicted octanol–water partition coefficient (Wildman–Crippen LogP) is 2.54.